The molecule has 2 aromatic heterocycles. The molecule has 0 radical (unpaired) electrons. The van der Waals surface area contributed by atoms with Gasteiger partial charge in [0.1, 0.15) is 5.76 Å². The number of halogens is 1. The maximum absolute atomic E-state index is 5.56. The molecule has 0 amide bonds. The summed E-state index contributed by atoms with van der Waals surface area (Å²) in [6.45, 7) is 7.86. The number of methoxy groups -OCH3 is 1. The first kappa shape index (κ1) is 22.5. The summed E-state index contributed by atoms with van der Waals surface area (Å²) in [5.41, 5.74) is 0.936. The first-order chi connectivity index (χ1) is 14.2. The summed E-state index contributed by atoms with van der Waals surface area (Å²) in [6.07, 6.45) is 1.61. The lowest BCUT2D eigenvalue weighted by molar-refractivity contribution is 0.0253. The van der Waals surface area contributed by atoms with E-state index in [9.17, 15) is 0 Å². The van der Waals surface area contributed by atoms with Crippen LogP contribution in [0, 0.1) is 3.77 Å². The van der Waals surface area contributed by atoms with Crippen molar-refractivity contribution in [3.63, 3.8) is 0 Å². The second kappa shape index (κ2) is 12.5. The van der Waals surface area contributed by atoms with Crippen molar-refractivity contribution in [1.29, 1.82) is 0 Å². The zero-order chi connectivity index (χ0) is 20.3. The molecular weight excluding hydrogens is 491 g/mol. The van der Waals surface area contributed by atoms with Crippen LogP contribution in [0.15, 0.2) is 21.2 Å². The summed E-state index contributed by atoms with van der Waals surface area (Å²) in [5, 5.41) is 8.24. The monoisotopic (exact) mass is 520 g/mol. The van der Waals surface area contributed by atoms with E-state index in [1.54, 1.807) is 7.11 Å². The molecule has 1 aliphatic rings. The Balaban J connectivity index is 1.26. The number of ether oxygens (including phenoxy) is 3. The molecule has 3 rings (SSSR count). The van der Waals surface area contributed by atoms with Crippen molar-refractivity contribution in [3.05, 3.63) is 27.4 Å². The molecule has 1 fully saturated rings. The number of nitrogens with zero attached hydrogens (tertiary/aromatic N) is 4. The molecule has 0 aromatic carbocycles. The lowest BCUT2D eigenvalue weighted by Crippen LogP contribution is -2.47. The fourth-order valence-corrected chi connectivity index (χ4v) is 3.47. The van der Waals surface area contributed by atoms with Crippen LogP contribution in [0.3, 0.4) is 0 Å². The fourth-order valence-electron chi connectivity index (χ4n) is 3.09. The Kier molecular flexibility index (Phi) is 9.67. The second-order valence-corrected chi connectivity index (χ2v) is 7.88. The van der Waals surface area contributed by atoms with Crippen molar-refractivity contribution in [2.24, 2.45) is 0 Å². The van der Waals surface area contributed by atoms with Crippen molar-refractivity contribution in [2.45, 2.75) is 12.8 Å². The van der Waals surface area contributed by atoms with Gasteiger partial charge in [-0.1, -0.05) is 10.3 Å². The predicted molar refractivity (Wildman–Crippen MR) is 115 cm³/mol. The van der Waals surface area contributed by atoms with Crippen molar-refractivity contribution in [1.82, 2.24) is 15.2 Å². The fraction of sp³-hybridized carbons (Fsp3) is 0.684. The van der Waals surface area contributed by atoms with Gasteiger partial charge in [-0.05, 0) is 0 Å². The van der Waals surface area contributed by atoms with E-state index in [1.165, 1.54) is 0 Å². The van der Waals surface area contributed by atoms with Crippen LogP contribution in [0.4, 0.5) is 5.82 Å². The number of piperazine rings is 1. The molecule has 1 saturated heterocycles. The van der Waals surface area contributed by atoms with Gasteiger partial charge in [0.2, 0.25) is 0 Å². The SMILES string of the molecule is COCCOCCOCCc1cc(CCN2CCN(c3cc(I)on3)CC2)on1. The first-order valence-electron chi connectivity index (χ1n) is 9.93. The minimum absolute atomic E-state index is 0.577. The third-order valence-corrected chi connectivity index (χ3v) is 5.26. The predicted octanol–water partition coefficient (Wildman–Crippen LogP) is 1.85. The molecule has 0 spiro atoms. The summed E-state index contributed by atoms with van der Waals surface area (Å²) in [5.74, 6) is 1.86. The zero-order valence-corrected chi connectivity index (χ0v) is 19.0. The lowest BCUT2D eigenvalue weighted by atomic mass is 10.2. The molecule has 9 nitrogen and oxygen atoms in total. The molecule has 0 saturated carbocycles. The van der Waals surface area contributed by atoms with Gasteiger partial charge in [0.15, 0.2) is 9.58 Å². The van der Waals surface area contributed by atoms with E-state index in [4.69, 9.17) is 23.3 Å². The lowest BCUT2D eigenvalue weighted by Gasteiger charge is -2.34. The molecule has 0 unspecified atom stereocenters. The number of hydrogen-bond acceptors (Lipinski definition) is 9. The molecule has 0 N–H and O–H groups in total. The third-order valence-electron chi connectivity index (χ3n) is 4.75. The second-order valence-electron chi connectivity index (χ2n) is 6.82. The Morgan fingerprint density at radius 1 is 0.931 bits per heavy atom. The summed E-state index contributed by atoms with van der Waals surface area (Å²) < 4.78 is 27.3. The Hall–Kier alpha value is -1.21. The quantitative estimate of drug-likeness (QED) is 0.290. The summed E-state index contributed by atoms with van der Waals surface area (Å²) in [7, 11) is 1.66. The van der Waals surface area contributed by atoms with Crippen LogP contribution in [-0.4, -0.2) is 88.1 Å². The van der Waals surface area contributed by atoms with Crippen LogP contribution in [0.5, 0.6) is 0 Å². The molecule has 10 heteroatoms. The van der Waals surface area contributed by atoms with Crippen LogP contribution >= 0.6 is 22.6 Å². The van der Waals surface area contributed by atoms with Gasteiger partial charge < -0.3 is 28.2 Å². The van der Waals surface area contributed by atoms with Crippen molar-refractivity contribution >= 4 is 28.4 Å². The molecule has 162 valence electrons. The standard InChI is InChI=1S/C19H29IN4O5/c1-25-10-11-27-13-12-26-9-3-16-14-17(28-21-16)2-4-23-5-7-24(8-6-23)19-15-18(20)29-22-19/h14-15H,2-13H2,1H3. The van der Waals surface area contributed by atoms with Gasteiger partial charge in [0.05, 0.1) is 38.7 Å². The smallest absolute Gasteiger partial charge is 0.198 e. The molecule has 3 heterocycles. The highest BCUT2D eigenvalue weighted by Crippen LogP contribution is 2.17. The molecule has 0 atom stereocenters. The maximum atomic E-state index is 5.56. The van der Waals surface area contributed by atoms with Gasteiger partial charge >= 0.3 is 0 Å². The van der Waals surface area contributed by atoms with Gasteiger partial charge in [-0.3, -0.25) is 4.90 Å². The van der Waals surface area contributed by atoms with Gasteiger partial charge in [0, 0.05) is 87.4 Å². The number of rotatable bonds is 13. The van der Waals surface area contributed by atoms with E-state index in [0.717, 1.165) is 66.6 Å². The van der Waals surface area contributed by atoms with Gasteiger partial charge in [-0.15, -0.1) is 0 Å². The van der Waals surface area contributed by atoms with E-state index in [1.807, 2.05) is 12.1 Å². The Labute approximate surface area is 184 Å². The molecule has 2 aromatic rings. The topological polar surface area (TPSA) is 86.2 Å². The highest BCUT2D eigenvalue weighted by atomic mass is 127. The minimum Gasteiger partial charge on any atom is -0.382 e. The van der Waals surface area contributed by atoms with E-state index < -0.39 is 0 Å². The van der Waals surface area contributed by atoms with Gasteiger partial charge in [-0.2, -0.15) is 0 Å². The average molecular weight is 520 g/mol. The molecule has 0 aliphatic carbocycles. The summed E-state index contributed by atoms with van der Waals surface area (Å²) in [6, 6.07) is 4.01. The first-order valence-corrected chi connectivity index (χ1v) is 11.0. The Morgan fingerprint density at radius 3 is 2.41 bits per heavy atom. The van der Waals surface area contributed by atoms with Crippen LogP contribution in [-0.2, 0) is 27.1 Å². The van der Waals surface area contributed by atoms with E-state index in [-0.39, 0.29) is 0 Å². The number of anilines is 1. The average Bonchev–Trinajstić information content (AvgIpc) is 3.38. The summed E-state index contributed by atoms with van der Waals surface area (Å²) >= 11 is 2.14. The molecule has 1 aliphatic heterocycles. The Morgan fingerprint density at radius 2 is 1.69 bits per heavy atom. The Bertz CT molecular complexity index is 702. The van der Waals surface area contributed by atoms with E-state index in [0.29, 0.717) is 33.0 Å². The maximum Gasteiger partial charge on any atom is 0.198 e. The highest BCUT2D eigenvalue weighted by molar-refractivity contribution is 14.1. The van der Waals surface area contributed by atoms with Crippen molar-refractivity contribution < 1.29 is 23.3 Å². The number of hydrogen-bond donors (Lipinski definition) is 0. The van der Waals surface area contributed by atoms with Crippen LogP contribution < -0.4 is 4.90 Å². The minimum atomic E-state index is 0.577. The normalized spacial score (nSPS) is 15.3. The molecule has 29 heavy (non-hydrogen) atoms. The van der Waals surface area contributed by atoms with Crippen LogP contribution in [0.1, 0.15) is 11.5 Å². The van der Waals surface area contributed by atoms with Crippen LogP contribution in [0.25, 0.3) is 0 Å². The third kappa shape index (κ3) is 7.85. The van der Waals surface area contributed by atoms with Gasteiger partial charge in [0.25, 0.3) is 0 Å². The molecular formula is C19H29IN4O5. The van der Waals surface area contributed by atoms with Crippen LogP contribution in [0.2, 0.25) is 0 Å². The zero-order valence-electron chi connectivity index (χ0n) is 16.8. The van der Waals surface area contributed by atoms with E-state index in [2.05, 4.69) is 42.7 Å². The highest BCUT2D eigenvalue weighted by Gasteiger charge is 2.19. The van der Waals surface area contributed by atoms with E-state index >= 15 is 0 Å². The molecule has 0 bridgehead atoms. The van der Waals surface area contributed by atoms with Crippen molar-refractivity contribution in [3.8, 4) is 0 Å². The van der Waals surface area contributed by atoms with Crippen molar-refractivity contribution in [2.75, 3.05) is 77.8 Å². The van der Waals surface area contributed by atoms with Gasteiger partial charge in [-0.25, -0.2) is 0 Å². The largest absolute Gasteiger partial charge is 0.382 e. The summed E-state index contributed by atoms with van der Waals surface area (Å²) in [4.78, 5) is 4.70. The number of aromatic nitrogens is 2.